The minimum Gasteiger partial charge on any atom is -0.357 e. The van der Waals surface area contributed by atoms with Crippen molar-refractivity contribution >= 4 is 29.9 Å². The molecule has 1 aliphatic heterocycles. The summed E-state index contributed by atoms with van der Waals surface area (Å²) in [6.07, 6.45) is 9.19. The van der Waals surface area contributed by atoms with Crippen molar-refractivity contribution in [3.8, 4) is 0 Å². The summed E-state index contributed by atoms with van der Waals surface area (Å²) >= 11 is 0. The first-order valence-corrected chi connectivity index (χ1v) is 8.66. The molecule has 3 heterocycles. The molecule has 2 aromatic rings. The van der Waals surface area contributed by atoms with E-state index in [1.807, 2.05) is 28.8 Å². The van der Waals surface area contributed by atoms with Crippen molar-refractivity contribution in [2.24, 2.45) is 12.0 Å². The van der Waals surface area contributed by atoms with Crippen molar-refractivity contribution in [3.63, 3.8) is 0 Å². The molecule has 0 aliphatic carbocycles. The number of nitrogens with zero attached hydrogens (tertiary/aromatic N) is 6. The van der Waals surface area contributed by atoms with Gasteiger partial charge in [-0.3, -0.25) is 14.4 Å². The van der Waals surface area contributed by atoms with Crippen LogP contribution in [0.4, 0.5) is 0 Å². The molecule has 1 atom stereocenters. The van der Waals surface area contributed by atoms with E-state index in [1.54, 1.807) is 0 Å². The first-order chi connectivity index (χ1) is 11.7. The van der Waals surface area contributed by atoms with Crippen molar-refractivity contribution in [3.05, 3.63) is 35.9 Å². The summed E-state index contributed by atoms with van der Waals surface area (Å²) in [6, 6.07) is 0. The van der Waals surface area contributed by atoms with Gasteiger partial charge >= 0.3 is 0 Å². The fourth-order valence-corrected chi connectivity index (χ4v) is 3.15. The molecule has 0 spiro atoms. The maximum absolute atomic E-state index is 4.78. The predicted octanol–water partition coefficient (Wildman–Crippen LogP) is 2.00. The average Bonchev–Trinajstić information content (AvgIpc) is 3.27. The highest BCUT2D eigenvalue weighted by atomic mass is 127. The van der Waals surface area contributed by atoms with Crippen molar-refractivity contribution in [2.45, 2.75) is 32.7 Å². The number of aryl methyl sites for hydroxylation is 2. The van der Waals surface area contributed by atoms with E-state index in [0.717, 1.165) is 45.1 Å². The molecular formula is C17H28IN7. The van der Waals surface area contributed by atoms with E-state index < -0.39 is 0 Å². The maximum Gasteiger partial charge on any atom is 0.193 e. The zero-order valence-electron chi connectivity index (χ0n) is 15.2. The minimum absolute atomic E-state index is 0. The SMILES string of the molecule is CCNC(=NCCn1cc(C)cn1)N1CCC(c2cnn(C)c2)C1.I. The Labute approximate surface area is 166 Å². The average molecular weight is 457 g/mol. The van der Waals surface area contributed by atoms with Crippen LogP contribution in [0.5, 0.6) is 0 Å². The van der Waals surface area contributed by atoms with E-state index in [2.05, 4.69) is 46.7 Å². The molecule has 0 bridgehead atoms. The van der Waals surface area contributed by atoms with Gasteiger partial charge < -0.3 is 10.2 Å². The van der Waals surface area contributed by atoms with Crippen LogP contribution < -0.4 is 5.32 Å². The lowest BCUT2D eigenvalue weighted by atomic mass is 10.0. The van der Waals surface area contributed by atoms with Crippen LogP contribution in [-0.2, 0) is 13.6 Å². The largest absolute Gasteiger partial charge is 0.357 e. The Morgan fingerprint density at radius 2 is 2.16 bits per heavy atom. The number of rotatable bonds is 5. The van der Waals surface area contributed by atoms with E-state index in [1.165, 1.54) is 11.1 Å². The lowest BCUT2D eigenvalue weighted by Gasteiger charge is -2.21. The van der Waals surface area contributed by atoms with Crippen LogP contribution in [0.25, 0.3) is 0 Å². The molecule has 1 aliphatic rings. The van der Waals surface area contributed by atoms with Crippen molar-refractivity contribution < 1.29 is 0 Å². The molecule has 0 radical (unpaired) electrons. The highest BCUT2D eigenvalue weighted by molar-refractivity contribution is 14.0. The molecule has 1 saturated heterocycles. The quantitative estimate of drug-likeness (QED) is 0.424. The Kier molecular flexibility index (Phi) is 7.27. The summed E-state index contributed by atoms with van der Waals surface area (Å²) in [5.74, 6) is 1.55. The second kappa shape index (κ2) is 9.21. The third-order valence-corrected chi connectivity index (χ3v) is 4.37. The molecule has 1 unspecified atom stereocenters. The van der Waals surface area contributed by atoms with Crippen LogP contribution >= 0.6 is 24.0 Å². The van der Waals surface area contributed by atoms with E-state index >= 15 is 0 Å². The van der Waals surface area contributed by atoms with Crippen LogP contribution in [0, 0.1) is 6.92 Å². The number of hydrogen-bond donors (Lipinski definition) is 1. The molecule has 0 saturated carbocycles. The van der Waals surface area contributed by atoms with Crippen molar-refractivity contribution in [2.75, 3.05) is 26.2 Å². The van der Waals surface area contributed by atoms with Gasteiger partial charge in [-0.05, 0) is 31.4 Å². The molecule has 1 N–H and O–H groups in total. The highest BCUT2D eigenvalue weighted by Gasteiger charge is 2.26. The zero-order valence-corrected chi connectivity index (χ0v) is 17.6. The molecule has 7 nitrogen and oxygen atoms in total. The van der Waals surface area contributed by atoms with Gasteiger partial charge in [0.2, 0.25) is 0 Å². The Bertz CT molecular complexity index is 691. The Hall–Kier alpha value is -1.58. The van der Waals surface area contributed by atoms with Gasteiger partial charge in [0, 0.05) is 45.0 Å². The Morgan fingerprint density at radius 1 is 1.32 bits per heavy atom. The second-order valence-electron chi connectivity index (χ2n) is 6.40. The minimum atomic E-state index is 0. The van der Waals surface area contributed by atoms with Crippen molar-refractivity contribution in [1.29, 1.82) is 0 Å². The van der Waals surface area contributed by atoms with Crippen LogP contribution in [-0.4, -0.2) is 56.6 Å². The normalized spacial score (nSPS) is 17.6. The summed E-state index contributed by atoms with van der Waals surface area (Å²) in [4.78, 5) is 7.14. The molecule has 8 heteroatoms. The summed E-state index contributed by atoms with van der Waals surface area (Å²) in [6.45, 7) is 8.62. The van der Waals surface area contributed by atoms with Gasteiger partial charge in [0.1, 0.15) is 0 Å². The van der Waals surface area contributed by atoms with Gasteiger partial charge in [0.15, 0.2) is 5.96 Å². The number of likely N-dealkylation sites (tertiary alicyclic amines) is 1. The van der Waals surface area contributed by atoms with E-state index in [4.69, 9.17) is 4.99 Å². The summed E-state index contributed by atoms with van der Waals surface area (Å²) < 4.78 is 3.83. The lowest BCUT2D eigenvalue weighted by Crippen LogP contribution is -2.40. The van der Waals surface area contributed by atoms with E-state index in [9.17, 15) is 0 Å². The van der Waals surface area contributed by atoms with Crippen LogP contribution in [0.1, 0.15) is 30.4 Å². The van der Waals surface area contributed by atoms with E-state index in [-0.39, 0.29) is 24.0 Å². The highest BCUT2D eigenvalue weighted by Crippen LogP contribution is 2.26. The second-order valence-corrected chi connectivity index (χ2v) is 6.40. The number of guanidine groups is 1. The van der Waals surface area contributed by atoms with E-state index in [0.29, 0.717) is 5.92 Å². The lowest BCUT2D eigenvalue weighted by molar-refractivity contribution is 0.483. The van der Waals surface area contributed by atoms with Gasteiger partial charge in [-0.1, -0.05) is 0 Å². The number of nitrogens with one attached hydrogen (secondary N) is 1. The van der Waals surface area contributed by atoms with Gasteiger partial charge in [-0.25, -0.2) is 0 Å². The van der Waals surface area contributed by atoms with Crippen LogP contribution in [0.15, 0.2) is 29.8 Å². The summed E-state index contributed by atoms with van der Waals surface area (Å²) in [5, 5.41) is 12.0. The number of aliphatic imine (C=N–C) groups is 1. The topological polar surface area (TPSA) is 63.3 Å². The monoisotopic (exact) mass is 457 g/mol. The number of hydrogen-bond acceptors (Lipinski definition) is 3. The van der Waals surface area contributed by atoms with Crippen LogP contribution in [0.3, 0.4) is 0 Å². The summed E-state index contributed by atoms with van der Waals surface area (Å²) in [5.41, 5.74) is 2.51. The third kappa shape index (κ3) is 5.20. The smallest absolute Gasteiger partial charge is 0.193 e. The molecule has 3 rings (SSSR count). The molecule has 0 amide bonds. The zero-order chi connectivity index (χ0) is 16.9. The molecule has 1 fully saturated rings. The van der Waals surface area contributed by atoms with Gasteiger partial charge in [0.25, 0.3) is 0 Å². The number of halogens is 1. The van der Waals surface area contributed by atoms with Crippen LogP contribution in [0.2, 0.25) is 0 Å². The van der Waals surface area contributed by atoms with Crippen molar-refractivity contribution in [1.82, 2.24) is 29.8 Å². The third-order valence-electron chi connectivity index (χ3n) is 4.37. The molecule has 25 heavy (non-hydrogen) atoms. The fraction of sp³-hybridized carbons (Fsp3) is 0.588. The predicted molar refractivity (Wildman–Crippen MR) is 110 cm³/mol. The van der Waals surface area contributed by atoms with Gasteiger partial charge in [0.05, 0.1) is 25.5 Å². The molecule has 2 aromatic heterocycles. The Morgan fingerprint density at radius 3 is 2.80 bits per heavy atom. The standard InChI is InChI=1S/C17H27N7.HI/c1-4-18-17(19-6-8-24-11-14(2)9-21-24)23-7-5-15(13-23)16-10-20-22(3)12-16;/h9-12,15H,4-8,13H2,1-3H3,(H,18,19);1H. The number of aromatic nitrogens is 4. The fourth-order valence-electron chi connectivity index (χ4n) is 3.15. The first-order valence-electron chi connectivity index (χ1n) is 8.66. The van der Waals surface area contributed by atoms with Gasteiger partial charge in [-0.2, -0.15) is 10.2 Å². The summed E-state index contributed by atoms with van der Waals surface area (Å²) in [7, 11) is 1.97. The molecular weight excluding hydrogens is 429 g/mol. The maximum atomic E-state index is 4.78. The molecule has 138 valence electrons. The molecule has 0 aromatic carbocycles. The van der Waals surface area contributed by atoms with Gasteiger partial charge in [-0.15, -0.1) is 24.0 Å². The Balaban J connectivity index is 0.00000225. The first kappa shape index (κ1) is 19.7.